The predicted molar refractivity (Wildman–Crippen MR) is 152 cm³/mol. The van der Waals surface area contributed by atoms with Gasteiger partial charge < -0.3 is 14.5 Å². The van der Waals surface area contributed by atoms with E-state index in [0.717, 1.165) is 31.5 Å². The summed E-state index contributed by atoms with van der Waals surface area (Å²) < 4.78 is 42.1. The lowest BCUT2D eigenvalue weighted by Crippen LogP contribution is -2.23. The van der Waals surface area contributed by atoms with E-state index in [1.54, 1.807) is 29.8 Å². The molecule has 2 N–H and O–H groups in total. The second-order valence-electron chi connectivity index (χ2n) is 10.0. The van der Waals surface area contributed by atoms with Crippen LogP contribution in [0.1, 0.15) is 68.4 Å². The van der Waals surface area contributed by atoms with Crippen LogP contribution in [-0.4, -0.2) is 41.7 Å². The monoisotopic (exact) mass is 565 g/mol. The Morgan fingerprint density at radius 1 is 1.07 bits per heavy atom. The van der Waals surface area contributed by atoms with Crippen LogP contribution in [0.25, 0.3) is 16.9 Å². The molecule has 0 spiro atoms. The highest BCUT2D eigenvalue weighted by Gasteiger charge is 2.25. The molecule has 2 heterocycles. The number of H-pyrrole nitrogens is 1. The molecular weight excluding hydrogens is 530 g/mol. The van der Waals surface area contributed by atoms with Gasteiger partial charge in [-0.3, -0.25) is 4.79 Å². The van der Waals surface area contributed by atoms with Crippen LogP contribution in [0.5, 0.6) is 11.5 Å². The Labute approximate surface area is 233 Å². The van der Waals surface area contributed by atoms with E-state index in [1.165, 1.54) is 25.0 Å². The molecule has 1 saturated carbocycles. The molecule has 5 rings (SSSR count). The number of nitrogens with one attached hydrogen (secondary N) is 2. The number of aromatic amines is 1. The molecule has 2 aromatic heterocycles. The van der Waals surface area contributed by atoms with Gasteiger partial charge in [-0.15, -0.1) is 5.10 Å². The summed E-state index contributed by atoms with van der Waals surface area (Å²) in [5.74, 6) is 2.22. The summed E-state index contributed by atoms with van der Waals surface area (Å²) in [6.45, 7) is 4.06. The largest absolute Gasteiger partial charge is 0.496 e. The molecule has 0 unspecified atom stereocenters. The van der Waals surface area contributed by atoms with Gasteiger partial charge in [0, 0.05) is 18.0 Å². The number of sulfonamides is 1. The number of ether oxygens (including phenoxy) is 2. The molecule has 0 atom stereocenters. The average molecular weight is 566 g/mol. The summed E-state index contributed by atoms with van der Waals surface area (Å²) >= 11 is 0. The number of rotatable bonds is 9. The maximum Gasteiger partial charge on any atom is 0.277 e. The number of fused-ring (bicyclic) bond motifs is 1. The van der Waals surface area contributed by atoms with Gasteiger partial charge in [-0.05, 0) is 51.0 Å². The Morgan fingerprint density at radius 3 is 2.55 bits per heavy atom. The van der Waals surface area contributed by atoms with E-state index in [2.05, 4.69) is 9.71 Å². The molecule has 2 aromatic carbocycles. The van der Waals surface area contributed by atoms with Crippen LogP contribution >= 0.6 is 0 Å². The third kappa shape index (κ3) is 5.62. The van der Waals surface area contributed by atoms with Crippen molar-refractivity contribution in [3.63, 3.8) is 0 Å². The Hall–Kier alpha value is -3.70. The second kappa shape index (κ2) is 11.8. The molecule has 11 heteroatoms. The minimum absolute atomic E-state index is 0.0226. The van der Waals surface area contributed by atoms with Gasteiger partial charge in [-0.25, -0.2) is 22.6 Å². The average Bonchev–Trinajstić information content (AvgIpc) is 3.11. The maximum absolute atomic E-state index is 13.3. The Kier molecular flexibility index (Phi) is 8.22. The molecule has 1 fully saturated rings. The van der Waals surface area contributed by atoms with Gasteiger partial charge in [0.15, 0.2) is 11.3 Å². The zero-order valence-corrected chi connectivity index (χ0v) is 23.9. The zero-order chi connectivity index (χ0) is 28.3. The number of hydrogen-bond acceptors (Lipinski definition) is 7. The van der Waals surface area contributed by atoms with Crippen LogP contribution < -0.4 is 19.8 Å². The van der Waals surface area contributed by atoms with Gasteiger partial charge in [0.25, 0.3) is 5.56 Å². The second-order valence-corrected chi connectivity index (χ2v) is 11.8. The van der Waals surface area contributed by atoms with Crippen molar-refractivity contribution in [1.29, 1.82) is 0 Å². The van der Waals surface area contributed by atoms with Crippen LogP contribution in [0.4, 0.5) is 0 Å². The third-order valence-corrected chi connectivity index (χ3v) is 8.78. The smallest absolute Gasteiger partial charge is 0.277 e. The topological polar surface area (TPSA) is 128 Å². The summed E-state index contributed by atoms with van der Waals surface area (Å²) in [6, 6.07) is 11.8. The van der Waals surface area contributed by atoms with Crippen molar-refractivity contribution in [2.24, 2.45) is 0 Å². The van der Waals surface area contributed by atoms with E-state index in [-0.39, 0.29) is 28.7 Å². The van der Waals surface area contributed by atoms with Crippen molar-refractivity contribution < 1.29 is 17.9 Å². The summed E-state index contributed by atoms with van der Waals surface area (Å²) in [7, 11) is -2.38. The van der Waals surface area contributed by atoms with Crippen LogP contribution in [0.3, 0.4) is 0 Å². The number of aryl methyl sites for hydroxylation is 1. The lowest BCUT2D eigenvalue weighted by molar-refractivity contribution is 0.341. The van der Waals surface area contributed by atoms with Gasteiger partial charge in [-0.1, -0.05) is 43.9 Å². The summed E-state index contributed by atoms with van der Waals surface area (Å²) in [5.41, 5.74) is 1.78. The van der Waals surface area contributed by atoms with Crippen LogP contribution in [0, 0.1) is 6.92 Å². The van der Waals surface area contributed by atoms with E-state index in [9.17, 15) is 13.2 Å². The molecular formula is C29H35N5O5S. The summed E-state index contributed by atoms with van der Waals surface area (Å²) in [6.07, 6.45) is 6.62. The van der Waals surface area contributed by atoms with Gasteiger partial charge in [0.1, 0.15) is 17.3 Å². The van der Waals surface area contributed by atoms with Crippen LogP contribution in [-0.2, 0) is 16.6 Å². The first-order chi connectivity index (χ1) is 19.3. The molecule has 1 aliphatic carbocycles. The molecule has 40 heavy (non-hydrogen) atoms. The first kappa shape index (κ1) is 27.9. The highest BCUT2D eigenvalue weighted by atomic mass is 32.2. The molecule has 0 amide bonds. The van der Waals surface area contributed by atoms with E-state index in [4.69, 9.17) is 19.6 Å². The van der Waals surface area contributed by atoms with Gasteiger partial charge in [0.05, 0.1) is 29.9 Å². The van der Waals surface area contributed by atoms with Crippen molar-refractivity contribution in [3.8, 4) is 22.9 Å². The Balaban J connectivity index is 1.56. The van der Waals surface area contributed by atoms with E-state index in [1.807, 2.05) is 26.0 Å². The zero-order valence-electron chi connectivity index (χ0n) is 23.1. The lowest BCUT2D eigenvalue weighted by atomic mass is 10.00. The highest BCUT2D eigenvalue weighted by molar-refractivity contribution is 7.89. The number of hydrogen-bond donors (Lipinski definition) is 2. The maximum atomic E-state index is 13.3. The van der Waals surface area contributed by atoms with Crippen molar-refractivity contribution in [3.05, 3.63) is 69.9 Å². The third-order valence-electron chi connectivity index (χ3n) is 7.38. The van der Waals surface area contributed by atoms with Crippen molar-refractivity contribution in [2.75, 3.05) is 13.7 Å². The predicted octanol–water partition coefficient (Wildman–Crippen LogP) is 4.72. The Bertz CT molecular complexity index is 1670. The van der Waals surface area contributed by atoms with Crippen molar-refractivity contribution in [2.45, 2.75) is 69.7 Å². The molecule has 0 radical (unpaired) electrons. The molecule has 1 aliphatic rings. The number of imidazole rings is 1. The van der Waals surface area contributed by atoms with E-state index < -0.39 is 10.0 Å². The first-order valence-electron chi connectivity index (χ1n) is 13.7. The van der Waals surface area contributed by atoms with E-state index in [0.29, 0.717) is 40.4 Å². The first-order valence-corrected chi connectivity index (χ1v) is 15.2. The van der Waals surface area contributed by atoms with Crippen LogP contribution in [0.2, 0.25) is 0 Å². The molecule has 212 valence electrons. The normalized spacial score (nSPS) is 14.8. The van der Waals surface area contributed by atoms with Crippen molar-refractivity contribution in [1.82, 2.24) is 24.3 Å². The highest BCUT2D eigenvalue weighted by Crippen LogP contribution is 2.33. The lowest BCUT2D eigenvalue weighted by Gasteiger charge is -2.15. The fourth-order valence-electron chi connectivity index (χ4n) is 5.36. The van der Waals surface area contributed by atoms with Gasteiger partial charge in [0.2, 0.25) is 10.0 Å². The summed E-state index contributed by atoms with van der Waals surface area (Å²) in [5, 5.41) is 4.80. The minimum atomic E-state index is -3.92. The Morgan fingerprint density at radius 2 is 1.82 bits per heavy atom. The standard InChI is InChI=1S/C29H35N5O5S/c1-4-39-25-16-15-22(40(36,37)30-18-21-13-9-10-14-24(21)38-3)17-23(25)27-32-29(35)26-19(2)31-28(34(26)33-27)20-11-7-5-6-8-12-20/h9-10,13-17,20,30H,4-8,11-12,18H2,1-3H3,(H,32,33,35). The molecule has 0 bridgehead atoms. The van der Waals surface area contributed by atoms with Gasteiger partial charge >= 0.3 is 0 Å². The van der Waals surface area contributed by atoms with Gasteiger partial charge in [-0.2, -0.15) is 0 Å². The number of benzene rings is 2. The van der Waals surface area contributed by atoms with E-state index >= 15 is 0 Å². The number of methoxy groups -OCH3 is 1. The SMILES string of the molecule is CCOc1ccc(S(=O)(=O)NCc2ccccc2OC)cc1-c1nn2c(C3CCCCCC3)nc(C)c2c(=O)[nH]1. The molecule has 0 aliphatic heterocycles. The van der Waals surface area contributed by atoms with Crippen LogP contribution in [0.15, 0.2) is 52.2 Å². The molecule has 10 nitrogen and oxygen atoms in total. The minimum Gasteiger partial charge on any atom is -0.496 e. The van der Waals surface area contributed by atoms with Crippen molar-refractivity contribution >= 4 is 15.5 Å². The molecule has 0 saturated heterocycles. The fraction of sp³-hybridized carbons (Fsp3) is 0.414. The fourth-order valence-corrected chi connectivity index (χ4v) is 6.40. The number of aromatic nitrogens is 4. The summed E-state index contributed by atoms with van der Waals surface area (Å²) in [4.78, 5) is 20.9. The number of nitrogens with zero attached hydrogens (tertiary/aromatic N) is 3. The number of para-hydroxylation sites is 1. The molecule has 4 aromatic rings. The quantitative estimate of drug-likeness (QED) is 0.281.